The van der Waals surface area contributed by atoms with Crippen LogP contribution in [-0.4, -0.2) is 29.8 Å². The summed E-state index contributed by atoms with van der Waals surface area (Å²) in [5.41, 5.74) is 5.81. The first-order chi connectivity index (χ1) is 9.16. The number of alkyl carbamates (subject to hydrolysis) is 1. The normalized spacial score (nSPS) is 14.5. The number of halogens is 1. The van der Waals surface area contributed by atoms with Gasteiger partial charge in [-0.3, -0.25) is 0 Å². The van der Waals surface area contributed by atoms with Crippen LogP contribution in [0.15, 0.2) is 18.3 Å². The Morgan fingerprint density at radius 3 is 2.50 bits per heavy atom. The number of carbonyl (C=O) groups is 1. The molecule has 0 saturated heterocycles. The highest BCUT2D eigenvalue weighted by Crippen LogP contribution is 2.22. The van der Waals surface area contributed by atoms with Crippen molar-refractivity contribution < 1.29 is 9.53 Å². The van der Waals surface area contributed by atoms with Crippen LogP contribution in [-0.2, 0) is 10.2 Å². The summed E-state index contributed by atoms with van der Waals surface area (Å²) in [5.74, 6) is 0. The van der Waals surface area contributed by atoms with Crippen molar-refractivity contribution in [1.29, 1.82) is 0 Å². The van der Waals surface area contributed by atoms with Gasteiger partial charge in [0.2, 0.25) is 0 Å². The van der Waals surface area contributed by atoms with Gasteiger partial charge in [-0.1, -0.05) is 24.6 Å². The van der Waals surface area contributed by atoms with Gasteiger partial charge in [0.15, 0.2) is 0 Å². The zero-order valence-corrected chi connectivity index (χ0v) is 13.1. The molecule has 5 nitrogen and oxygen atoms in total. The van der Waals surface area contributed by atoms with Crippen LogP contribution >= 0.6 is 11.6 Å². The summed E-state index contributed by atoms with van der Waals surface area (Å²) < 4.78 is 5.20. The Morgan fingerprint density at radius 2 is 2.05 bits per heavy atom. The first-order valence-electron chi connectivity index (χ1n) is 6.45. The predicted molar refractivity (Wildman–Crippen MR) is 79.9 cm³/mol. The number of carbonyl (C=O) groups excluding carboxylic acids is 1. The van der Waals surface area contributed by atoms with Crippen LogP contribution in [0.3, 0.4) is 0 Å². The lowest BCUT2D eigenvalue weighted by molar-refractivity contribution is 0.0516. The molecule has 20 heavy (non-hydrogen) atoms. The van der Waals surface area contributed by atoms with Crippen molar-refractivity contribution in [3.05, 3.63) is 29.0 Å². The fourth-order valence-corrected chi connectivity index (χ4v) is 1.72. The highest BCUT2D eigenvalue weighted by atomic mass is 35.5. The fraction of sp³-hybridized carbons (Fsp3) is 0.571. The van der Waals surface area contributed by atoms with Crippen LogP contribution in [0.5, 0.6) is 0 Å². The van der Waals surface area contributed by atoms with Crippen LogP contribution < -0.4 is 11.1 Å². The van der Waals surface area contributed by atoms with E-state index in [2.05, 4.69) is 10.3 Å². The topological polar surface area (TPSA) is 77.2 Å². The molecule has 1 aromatic heterocycles. The Balaban J connectivity index is 2.71. The fourth-order valence-electron chi connectivity index (χ4n) is 1.61. The van der Waals surface area contributed by atoms with Crippen LogP contribution in [0, 0.1) is 0 Å². The number of pyridine rings is 1. The minimum atomic E-state index is -0.523. The maximum Gasteiger partial charge on any atom is 0.407 e. The highest BCUT2D eigenvalue weighted by molar-refractivity contribution is 6.29. The van der Waals surface area contributed by atoms with Gasteiger partial charge < -0.3 is 15.8 Å². The summed E-state index contributed by atoms with van der Waals surface area (Å²) >= 11 is 5.77. The number of aromatic nitrogens is 1. The third kappa shape index (κ3) is 4.98. The molecule has 1 amide bonds. The Labute approximate surface area is 124 Å². The van der Waals surface area contributed by atoms with Crippen molar-refractivity contribution in [2.24, 2.45) is 5.73 Å². The van der Waals surface area contributed by atoms with E-state index in [0.717, 1.165) is 5.56 Å². The van der Waals surface area contributed by atoms with Gasteiger partial charge in [0.05, 0.1) is 0 Å². The first-order valence-corrected chi connectivity index (χ1v) is 6.83. The van der Waals surface area contributed by atoms with Gasteiger partial charge in [-0.2, -0.15) is 0 Å². The highest BCUT2D eigenvalue weighted by Gasteiger charge is 2.27. The van der Waals surface area contributed by atoms with Crippen LogP contribution in [0.2, 0.25) is 5.15 Å². The zero-order valence-electron chi connectivity index (χ0n) is 12.4. The SMILES string of the molecule is CC(C)(C)OC(=O)NCC(C)(CN)c1ccc(Cl)nc1. The number of nitrogens with one attached hydrogen (secondary N) is 1. The van der Waals surface area contributed by atoms with E-state index in [1.807, 2.05) is 33.8 Å². The number of nitrogens with zero attached hydrogens (tertiary/aromatic N) is 1. The monoisotopic (exact) mass is 299 g/mol. The van der Waals surface area contributed by atoms with Gasteiger partial charge in [0.1, 0.15) is 10.8 Å². The second-order valence-corrected chi connectivity index (χ2v) is 6.38. The average Bonchev–Trinajstić information content (AvgIpc) is 2.35. The van der Waals surface area contributed by atoms with Gasteiger partial charge in [-0.25, -0.2) is 9.78 Å². The minimum absolute atomic E-state index is 0.363. The molecular weight excluding hydrogens is 278 g/mol. The second-order valence-electron chi connectivity index (χ2n) is 5.99. The zero-order chi connectivity index (χ0) is 15.4. The Morgan fingerprint density at radius 1 is 1.40 bits per heavy atom. The molecular formula is C14H22ClN3O2. The summed E-state index contributed by atoms with van der Waals surface area (Å²) in [6, 6.07) is 3.57. The molecule has 0 aliphatic rings. The van der Waals surface area contributed by atoms with E-state index < -0.39 is 17.1 Å². The molecule has 1 atom stereocenters. The third-order valence-corrected chi connectivity index (χ3v) is 3.12. The molecule has 0 aromatic carbocycles. The van der Waals surface area contributed by atoms with Gasteiger partial charge in [0.25, 0.3) is 0 Å². The standard InChI is InChI=1S/C14H22ClN3O2/c1-13(2,3)20-12(19)18-9-14(4,8-16)10-5-6-11(15)17-7-10/h5-7H,8-9,16H2,1-4H3,(H,18,19). The minimum Gasteiger partial charge on any atom is -0.444 e. The number of nitrogens with two attached hydrogens (primary N) is 1. The van der Waals surface area contributed by atoms with Crippen molar-refractivity contribution in [3.63, 3.8) is 0 Å². The van der Waals surface area contributed by atoms with Gasteiger partial charge >= 0.3 is 6.09 Å². The van der Waals surface area contributed by atoms with Crippen molar-refractivity contribution in [2.75, 3.05) is 13.1 Å². The summed E-state index contributed by atoms with van der Waals surface area (Å²) in [5, 5.41) is 3.17. The number of hydrogen-bond donors (Lipinski definition) is 2. The average molecular weight is 300 g/mol. The van der Waals surface area contributed by atoms with Gasteiger partial charge in [-0.15, -0.1) is 0 Å². The third-order valence-electron chi connectivity index (χ3n) is 2.90. The van der Waals surface area contributed by atoms with E-state index in [1.165, 1.54) is 0 Å². The quantitative estimate of drug-likeness (QED) is 0.837. The largest absolute Gasteiger partial charge is 0.444 e. The van der Waals surface area contributed by atoms with Crippen molar-refractivity contribution in [1.82, 2.24) is 10.3 Å². The molecule has 1 heterocycles. The number of ether oxygens (including phenoxy) is 1. The molecule has 0 fully saturated rings. The van der Waals surface area contributed by atoms with E-state index in [9.17, 15) is 4.79 Å². The molecule has 1 rings (SSSR count). The lowest BCUT2D eigenvalue weighted by Crippen LogP contribution is -2.45. The molecule has 0 radical (unpaired) electrons. The lowest BCUT2D eigenvalue weighted by atomic mass is 9.83. The summed E-state index contributed by atoms with van der Waals surface area (Å²) in [6.45, 7) is 8.14. The Bertz CT molecular complexity index is 456. The number of amides is 1. The number of rotatable bonds is 4. The van der Waals surface area contributed by atoms with Crippen molar-refractivity contribution in [2.45, 2.75) is 38.7 Å². The van der Waals surface area contributed by atoms with Gasteiger partial charge in [0, 0.05) is 24.7 Å². The lowest BCUT2D eigenvalue weighted by Gasteiger charge is -2.29. The molecule has 0 aliphatic heterocycles. The van der Waals surface area contributed by atoms with Crippen LogP contribution in [0.4, 0.5) is 4.79 Å². The van der Waals surface area contributed by atoms with Crippen LogP contribution in [0.25, 0.3) is 0 Å². The molecule has 6 heteroatoms. The smallest absolute Gasteiger partial charge is 0.407 e. The van der Waals surface area contributed by atoms with E-state index in [-0.39, 0.29) is 0 Å². The van der Waals surface area contributed by atoms with E-state index in [1.54, 1.807) is 12.3 Å². The number of hydrogen-bond acceptors (Lipinski definition) is 4. The Hall–Kier alpha value is -1.33. The van der Waals surface area contributed by atoms with Crippen molar-refractivity contribution >= 4 is 17.7 Å². The summed E-state index contributed by atoms with van der Waals surface area (Å²) in [4.78, 5) is 15.7. The van der Waals surface area contributed by atoms with Crippen LogP contribution in [0.1, 0.15) is 33.3 Å². The molecule has 0 spiro atoms. The maximum absolute atomic E-state index is 11.7. The van der Waals surface area contributed by atoms with E-state index >= 15 is 0 Å². The molecule has 112 valence electrons. The predicted octanol–water partition coefficient (Wildman–Crippen LogP) is 2.48. The van der Waals surface area contributed by atoms with E-state index in [4.69, 9.17) is 22.1 Å². The first kappa shape index (κ1) is 16.7. The van der Waals surface area contributed by atoms with E-state index in [0.29, 0.717) is 18.2 Å². The molecule has 1 unspecified atom stereocenters. The summed E-state index contributed by atoms with van der Waals surface area (Å²) in [7, 11) is 0. The Kier molecular flexibility index (Phi) is 5.36. The summed E-state index contributed by atoms with van der Waals surface area (Å²) in [6.07, 6.45) is 1.21. The van der Waals surface area contributed by atoms with Crippen molar-refractivity contribution in [3.8, 4) is 0 Å². The molecule has 0 aliphatic carbocycles. The molecule has 0 saturated carbocycles. The molecule has 3 N–H and O–H groups in total. The maximum atomic E-state index is 11.7. The second kappa shape index (κ2) is 6.41. The molecule has 1 aromatic rings. The molecule has 0 bridgehead atoms. The van der Waals surface area contributed by atoms with Gasteiger partial charge in [-0.05, 0) is 32.4 Å².